The summed E-state index contributed by atoms with van der Waals surface area (Å²) in [6.45, 7) is 2.38. The van der Waals surface area contributed by atoms with E-state index in [4.69, 9.17) is 9.47 Å². The molecule has 140 valence electrons. The summed E-state index contributed by atoms with van der Waals surface area (Å²) in [4.78, 5) is 14.4. The Morgan fingerprint density at radius 2 is 1.76 bits per heavy atom. The summed E-state index contributed by atoms with van der Waals surface area (Å²) in [7, 11) is 2.92. The lowest BCUT2D eigenvalue weighted by Gasteiger charge is -2.32. The fourth-order valence-corrected chi connectivity index (χ4v) is 3.13. The number of amides is 1. The Labute approximate surface area is 154 Å². The van der Waals surface area contributed by atoms with Crippen LogP contribution in [0.15, 0.2) is 12.1 Å². The zero-order chi connectivity index (χ0) is 17.1. The molecule has 1 amide bonds. The fourth-order valence-electron chi connectivity index (χ4n) is 3.13. The second-order valence-corrected chi connectivity index (χ2v) is 6.61. The lowest BCUT2D eigenvalue weighted by Crippen LogP contribution is -2.45. The van der Waals surface area contributed by atoms with Crippen LogP contribution >= 0.6 is 12.4 Å². The number of hydrogen-bond donors (Lipinski definition) is 1. The van der Waals surface area contributed by atoms with Crippen molar-refractivity contribution < 1.29 is 18.7 Å². The molecule has 1 aromatic rings. The van der Waals surface area contributed by atoms with Crippen LogP contribution in [-0.4, -0.2) is 50.7 Å². The van der Waals surface area contributed by atoms with Gasteiger partial charge in [-0.1, -0.05) is 0 Å². The van der Waals surface area contributed by atoms with Crippen LogP contribution in [-0.2, 0) is 0 Å². The molecule has 1 saturated carbocycles. The van der Waals surface area contributed by atoms with Gasteiger partial charge in [0.25, 0.3) is 5.91 Å². The monoisotopic (exact) mass is 372 g/mol. The fraction of sp³-hybridized carbons (Fsp3) is 0.611. The van der Waals surface area contributed by atoms with Gasteiger partial charge in [-0.2, -0.15) is 0 Å². The highest BCUT2D eigenvalue weighted by molar-refractivity contribution is 5.95. The van der Waals surface area contributed by atoms with E-state index in [0.717, 1.165) is 25.3 Å². The minimum atomic E-state index is -0.577. The first-order chi connectivity index (χ1) is 11.6. The normalized spacial score (nSPS) is 17.8. The largest absolute Gasteiger partial charge is 0.493 e. The molecule has 0 spiro atoms. The molecule has 1 N–H and O–H groups in total. The van der Waals surface area contributed by atoms with Crippen molar-refractivity contribution in [2.24, 2.45) is 5.92 Å². The summed E-state index contributed by atoms with van der Waals surface area (Å²) in [5.74, 6) is 0.643. The highest BCUT2D eigenvalue weighted by Gasteiger charge is 2.28. The Balaban J connectivity index is 0.00000225. The van der Waals surface area contributed by atoms with Crippen LogP contribution in [0.1, 0.15) is 36.0 Å². The minimum Gasteiger partial charge on any atom is -0.493 e. The third-order valence-corrected chi connectivity index (χ3v) is 4.88. The first-order valence-electron chi connectivity index (χ1n) is 8.56. The van der Waals surface area contributed by atoms with Gasteiger partial charge >= 0.3 is 0 Å². The molecule has 0 radical (unpaired) electrons. The highest BCUT2D eigenvalue weighted by Crippen LogP contribution is 2.31. The van der Waals surface area contributed by atoms with Gasteiger partial charge in [0.15, 0.2) is 11.5 Å². The van der Waals surface area contributed by atoms with Crippen LogP contribution in [0.25, 0.3) is 0 Å². The average Bonchev–Trinajstić information content (AvgIpc) is 3.44. The molecule has 1 aliphatic carbocycles. The minimum absolute atomic E-state index is 0. The molecule has 5 nitrogen and oxygen atoms in total. The van der Waals surface area contributed by atoms with Crippen molar-refractivity contribution in [1.29, 1.82) is 0 Å². The molecule has 2 aliphatic rings. The van der Waals surface area contributed by atoms with Crippen LogP contribution in [0, 0.1) is 11.7 Å². The molecule has 0 aromatic heterocycles. The molecule has 0 atom stereocenters. The van der Waals surface area contributed by atoms with E-state index < -0.39 is 5.82 Å². The number of nitrogens with one attached hydrogen (secondary N) is 1. The predicted octanol–water partition coefficient (Wildman–Crippen LogP) is 2.87. The van der Waals surface area contributed by atoms with Crippen molar-refractivity contribution in [3.05, 3.63) is 23.5 Å². The number of benzene rings is 1. The van der Waals surface area contributed by atoms with Gasteiger partial charge in [-0.25, -0.2) is 4.39 Å². The number of carbonyl (C=O) groups is 1. The lowest BCUT2D eigenvalue weighted by molar-refractivity contribution is 0.0699. The second kappa shape index (κ2) is 8.72. The van der Waals surface area contributed by atoms with Gasteiger partial charge < -0.3 is 19.7 Å². The summed E-state index contributed by atoms with van der Waals surface area (Å²) in [6.07, 6.45) is 4.49. The molecule has 3 rings (SSSR count). The number of halogens is 2. The molecular formula is C18H26ClFN2O3. The third kappa shape index (κ3) is 4.76. The number of nitrogens with zero attached hydrogens (tertiary/aromatic N) is 1. The van der Waals surface area contributed by atoms with E-state index in [1.165, 1.54) is 39.2 Å². The van der Waals surface area contributed by atoms with E-state index in [9.17, 15) is 9.18 Å². The molecular weight excluding hydrogens is 347 g/mol. The molecule has 1 aromatic carbocycles. The number of piperidine rings is 1. The van der Waals surface area contributed by atoms with Gasteiger partial charge in [-0.3, -0.25) is 4.79 Å². The summed E-state index contributed by atoms with van der Waals surface area (Å²) in [6, 6.07) is 3.09. The van der Waals surface area contributed by atoms with E-state index in [0.29, 0.717) is 24.9 Å². The molecule has 0 unspecified atom stereocenters. The number of ether oxygens (including phenoxy) is 2. The van der Waals surface area contributed by atoms with Crippen LogP contribution in [0.4, 0.5) is 4.39 Å². The molecule has 1 heterocycles. The topological polar surface area (TPSA) is 50.8 Å². The van der Waals surface area contributed by atoms with Crippen molar-refractivity contribution in [1.82, 2.24) is 10.2 Å². The second-order valence-electron chi connectivity index (χ2n) is 6.61. The van der Waals surface area contributed by atoms with Crippen molar-refractivity contribution in [2.75, 3.05) is 33.9 Å². The van der Waals surface area contributed by atoms with E-state index in [-0.39, 0.29) is 29.6 Å². The molecule has 2 fully saturated rings. The third-order valence-electron chi connectivity index (χ3n) is 4.88. The molecule has 1 aliphatic heterocycles. The first kappa shape index (κ1) is 19.8. The van der Waals surface area contributed by atoms with Crippen LogP contribution in [0.2, 0.25) is 0 Å². The van der Waals surface area contributed by atoms with E-state index in [1.54, 1.807) is 4.90 Å². The van der Waals surface area contributed by atoms with Gasteiger partial charge in [0.2, 0.25) is 0 Å². The van der Waals surface area contributed by atoms with Crippen LogP contribution in [0.5, 0.6) is 11.5 Å². The van der Waals surface area contributed by atoms with Crippen LogP contribution in [0.3, 0.4) is 0 Å². The maximum atomic E-state index is 14.3. The summed E-state index contributed by atoms with van der Waals surface area (Å²) >= 11 is 0. The predicted molar refractivity (Wildman–Crippen MR) is 96.4 cm³/mol. The number of likely N-dealkylation sites (tertiary alicyclic amines) is 1. The Bertz CT molecular complexity index is 602. The van der Waals surface area contributed by atoms with Gasteiger partial charge in [0.05, 0.1) is 19.8 Å². The lowest BCUT2D eigenvalue weighted by atomic mass is 10.0. The summed E-state index contributed by atoms with van der Waals surface area (Å²) in [5, 5.41) is 3.58. The van der Waals surface area contributed by atoms with E-state index in [1.807, 2.05) is 0 Å². The highest BCUT2D eigenvalue weighted by atomic mass is 35.5. The Hall–Kier alpha value is -1.53. The summed E-state index contributed by atoms with van der Waals surface area (Å²) < 4.78 is 24.5. The van der Waals surface area contributed by atoms with Crippen LogP contribution < -0.4 is 14.8 Å². The van der Waals surface area contributed by atoms with Gasteiger partial charge in [-0.15, -0.1) is 12.4 Å². The van der Waals surface area contributed by atoms with Gasteiger partial charge in [-0.05, 0) is 44.2 Å². The molecule has 1 saturated heterocycles. The van der Waals surface area contributed by atoms with Crippen molar-refractivity contribution >= 4 is 18.3 Å². The zero-order valence-corrected chi connectivity index (χ0v) is 15.5. The molecule has 0 bridgehead atoms. The Morgan fingerprint density at radius 3 is 2.32 bits per heavy atom. The standard InChI is InChI=1S/C18H25FN2O3.ClH/c1-23-16-9-14(15(19)10-17(16)24-2)18(22)21-7-5-13(6-8-21)20-11-12-3-4-12;/h9-10,12-13,20H,3-8,11H2,1-2H3;1H. The zero-order valence-electron chi connectivity index (χ0n) is 14.7. The number of rotatable bonds is 6. The molecule has 7 heteroatoms. The maximum absolute atomic E-state index is 14.3. The van der Waals surface area contributed by atoms with Gasteiger partial charge in [0, 0.05) is 25.2 Å². The average molecular weight is 373 g/mol. The Kier molecular flexibility index (Phi) is 6.90. The quantitative estimate of drug-likeness (QED) is 0.834. The van der Waals surface area contributed by atoms with E-state index in [2.05, 4.69) is 5.32 Å². The number of hydrogen-bond acceptors (Lipinski definition) is 4. The van der Waals surface area contributed by atoms with Gasteiger partial charge in [0.1, 0.15) is 5.82 Å². The first-order valence-corrected chi connectivity index (χ1v) is 8.56. The number of methoxy groups -OCH3 is 2. The molecule has 25 heavy (non-hydrogen) atoms. The Morgan fingerprint density at radius 1 is 1.16 bits per heavy atom. The van der Waals surface area contributed by atoms with E-state index >= 15 is 0 Å². The van der Waals surface area contributed by atoms with Crippen molar-refractivity contribution in [2.45, 2.75) is 31.7 Å². The maximum Gasteiger partial charge on any atom is 0.256 e. The summed E-state index contributed by atoms with van der Waals surface area (Å²) in [5.41, 5.74) is 0.0389. The SMILES string of the molecule is COc1cc(F)c(C(=O)N2CCC(NCC3CC3)CC2)cc1OC.Cl. The number of carbonyl (C=O) groups excluding carboxylic acids is 1. The smallest absolute Gasteiger partial charge is 0.256 e. The van der Waals surface area contributed by atoms with Crippen molar-refractivity contribution in [3.8, 4) is 11.5 Å². The van der Waals surface area contributed by atoms with Crippen molar-refractivity contribution in [3.63, 3.8) is 0 Å².